The van der Waals surface area contributed by atoms with Gasteiger partial charge in [0.1, 0.15) is 11.6 Å². The summed E-state index contributed by atoms with van der Waals surface area (Å²) in [6.07, 6.45) is 1.24. The number of hydrogen-bond acceptors (Lipinski definition) is 3. The average Bonchev–Trinajstić information content (AvgIpc) is 2.29. The minimum Gasteiger partial charge on any atom is -0.358 e. The molecule has 92 valence electrons. The summed E-state index contributed by atoms with van der Waals surface area (Å²) >= 11 is 0. The number of hydrogen-bond donors (Lipinski definition) is 0. The van der Waals surface area contributed by atoms with E-state index in [4.69, 9.17) is 0 Å². The highest BCUT2D eigenvalue weighted by Gasteiger charge is 2.02. The monoisotopic (exact) mass is 227 g/mol. The summed E-state index contributed by atoms with van der Waals surface area (Å²) in [5.41, 5.74) is 0. The number of aromatic nitrogens is 1. The van der Waals surface area contributed by atoms with Crippen molar-refractivity contribution in [1.29, 1.82) is 0 Å². The van der Waals surface area contributed by atoms with E-state index in [0.717, 1.165) is 18.9 Å². The van der Waals surface area contributed by atoms with E-state index in [9.17, 15) is 4.39 Å². The Bertz CT molecular complexity index is 272. The van der Waals surface area contributed by atoms with Gasteiger partial charge in [0.2, 0.25) is 0 Å². The number of likely N-dealkylation sites (N-methyl/N-ethyl adjacent to an activating group) is 2. The summed E-state index contributed by atoms with van der Waals surface area (Å²) in [6.45, 7) is 5.83. The van der Waals surface area contributed by atoms with Crippen LogP contribution in [-0.4, -0.2) is 44.1 Å². The molecule has 16 heavy (non-hydrogen) atoms. The molecule has 0 fully saturated rings. The van der Waals surface area contributed by atoms with E-state index in [1.807, 2.05) is 39.9 Å². The van der Waals surface area contributed by atoms with E-state index in [1.165, 1.54) is 12.3 Å². The maximum Gasteiger partial charge on any atom is 0.141 e. The van der Waals surface area contributed by atoms with Crippen molar-refractivity contribution in [2.45, 2.75) is 13.8 Å². The van der Waals surface area contributed by atoms with E-state index >= 15 is 0 Å². The molecule has 0 saturated heterocycles. The van der Waals surface area contributed by atoms with E-state index in [0.29, 0.717) is 0 Å². The molecule has 0 aliphatic carbocycles. The van der Waals surface area contributed by atoms with Crippen molar-refractivity contribution in [3.63, 3.8) is 0 Å². The number of pyridine rings is 1. The predicted octanol–water partition coefficient (Wildman–Crippen LogP) is 2.24. The molecule has 0 N–H and O–H groups in total. The zero-order chi connectivity index (χ0) is 12.6. The molecule has 0 amide bonds. The topological polar surface area (TPSA) is 19.4 Å². The fourth-order valence-electron chi connectivity index (χ4n) is 1.06. The Labute approximate surface area is 97.9 Å². The van der Waals surface area contributed by atoms with Gasteiger partial charge in [0.25, 0.3) is 0 Å². The fourth-order valence-corrected chi connectivity index (χ4v) is 1.06. The Kier molecular flexibility index (Phi) is 7.46. The maximum atomic E-state index is 12.6. The molecular weight excluding hydrogens is 205 g/mol. The Hall–Kier alpha value is -1.16. The van der Waals surface area contributed by atoms with Crippen LogP contribution in [0.15, 0.2) is 18.3 Å². The van der Waals surface area contributed by atoms with Crippen molar-refractivity contribution in [1.82, 2.24) is 9.88 Å². The number of anilines is 1. The van der Waals surface area contributed by atoms with E-state index in [2.05, 4.69) is 9.88 Å². The van der Waals surface area contributed by atoms with Gasteiger partial charge in [0, 0.05) is 20.1 Å². The van der Waals surface area contributed by atoms with Gasteiger partial charge in [-0.3, -0.25) is 0 Å². The van der Waals surface area contributed by atoms with Gasteiger partial charge in [0.05, 0.1) is 6.20 Å². The van der Waals surface area contributed by atoms with Gasteiger partial charge < -0.3 is 9.80 Å². The second-order valence-electron chi connectivity index (χ2n) is 3.56. The van der Waals surface area contributed by atoms with Gasteiger partial charge in [-0.1, -0.05) is 13.8 Å². The normalized spacial score (nSPS) is 9.69. The average molecular weight is 227 g/mol. The van der Waals surface area contributed by atoms with Crippen LogP contribution in [0.2, 0.25) is 0 Å². The lowest BCUT2D eigenvalue weighted by Crippen LogP contribution is -2.28. The summed E-state index contributed by atoms with van der Waals surface area (Å²) < 4.78 is 12.6. The van der Waals surface area contributed by atoms with Crippen molar-refractivity contribution in [2.24, 2.45) is 0 Å². The zero-order valence-electron chi connectivity index (χ0n) is 10.9. The Balaban J connectivity index is 0.00000106. The van der Waals surface area contributed by atoms with Gasteiger partial charge in [-0.05, 0) is 26.2 Å². The highest BCUT2D eigenvalue weighted by atomic mass is 19.1. The molecule has 0 atom stereocenters. The van der Waals surface area contributed by atoms with Crippen molar-refractivity contribution in [3.8, 4) is 0 Å². The minimum atomic E-state index is -0.297. The first-order valence-electron chi connectivity index (χ1n) is 5.57. The van der Waals surface area contributed by atoms with Crippen molar-refractivity contribution in [3.05, 3.63) is 24.1 Å². The molecule has 0 radical (unpaired) electrons. The first-order valence-corrected chi connectivity index (χ1v) is 5.57. The molecular formula is C12H22FN3. The predicted molar refractivity (Wildman–Crippen MR) is 67.4 cm³/mol. The number of halogens is 1. The van der Waals surface area contributed by atoms with Crippen molar-refractivity contribution < 1.29 is 4.39 Å². The quantitative estimate of drug-likeness (QED) is 0.786. The molecule has 1 aromatic heterocycles. The highest BCUT2D eigenvalue weighted by Crippen LogP contribution is 2.07. The van der Waals surface area contributed by atoms with Crippen molar-refractivity contribution in [2.75, 3.05) is 39.1 Å². The van der Waals surface area contributed by atoms with Gasteiger partial charge in [-0.25, -0.2) is 9.37 Å². The van der Waals surface area contributed by atoms with Crippen LogP contribution >= 0.6 is 0 Å². The summed E-state index contributed by atoms with van der Waals surface area (Å²) in [6, 6.07) is 3.11. The van der Waals surface area contributed by atoms with E-state index < -0.39 is 0 Å². The van der Waals surface area contributed by atoms with Gasteiger partial charge in [0.15, 0.2) is 0 Å². The third kappa shape index (κ3) is 5.66. The first-order chi connectivity index (χ1) is 7.59. The third-order valence-corrected chi connectivity index (χ3v) is 1.99. The van der Waals surface area contributed by atoms with Crippen LogP contribution in [-0.2, 0) is 0 Å². The van der Waals surface area contributed by atoms with Crippen molar-refractivity contribution >= 4 is 5.82 Å². The maximum absolute atomic E-state index is 12.6. The fraction of sp³-hybridized carbons (Fsp3) is 0.583. The second kappa shape index (κ2) is 8.05. The molecule has 0 aliphatic heterocycles. The minimum absolute atomic E-state index is 0.297. The molecule has 0 bridgehead atoms. The molecule has 4 heteroatoms. The van der Waals surface area contributed by atoms with Crippen LogP contribution in [0.3, 0.4) is 0 Å². The van der Waals surface area contributed by atoms with Crippen LogP contribution in [0.25, 0.3) is 0 Å². The number of rotatable bonds is 4. The summed E-state index contributed by atoms with van der Waals surface area (Å²) in [7, 11) is 5.99. The molecule has 0 unspecified atom stereocenters. The molecule has 3 nitrogen and oxygen atoms in total. The van der Waals surface area contributed by atoms with Crippen LogP contribution < -0.4 is 4.90 Å². The zero-order valence-corrected chi connectivity index (χ0v) is 10.9. The molecule has 0 aliphatic rings. The van der Waals surface area contributed by atoms with Crippen LogP contribution in [0.5, 0.6) is 0 Å². The molecule has 1 rings (SSSR count). The Morgan fingerprint density at radius 3 is 2.19 bits per heavy atom. The molecule has 1 aromatic rings. The van der Waals surface area contributed by atoms with Crippen LogP contribution in [0, 0.1) is 5.82 Å². The van der Waals surface area contributed by atoms with E-state index in [1.54, 1.807) is 6.07 Å². The third-order valence-electron chi connectivity index (χ3n) is 1.99. The van der Waals surface area contributed by atoms with Gasteiger partial charge >= 0.3 is 0 Å². The summed E-state index contributed by atoms with van der Waals surface area (Å²) in [4.78, 5) is 8.09. The SMILES string of the molecule is CC.CN(C)CCN(C)c1ccc(F)cn1. The van der Waals surface area contributed by atoms with E-state index in [-0.39, 0.29) is 5.82 Å². The Morgan fingerprint density at radius 1 is 1.12 bits per heavy atom. The highest BCUT2D eigenvalue weighted by molar-refractivity contribution is 5.36. The number of nitrogens with zero attached hydrogens (tertiary/aromatic N) is 3. The van der Waals surface area contributed by atoms with Gasteiger partial charge in [-0.2, -0.15) is 0 Å². The Morgan fingerprint density at radius 2 is 1.75 bits per heavy atom. The first kappa shape index (κ1) is 14.8. The lowest BCUT2D eigenvalue weighted by Gasteiger charge is -2.20. The largest absolute Gasteiger partial charge is 0.358 e. The van der Waals surface area contributed by atoms with Crippen LogP contribution in [0.1, 0.15) is 13.8 Å². The molecule has 0 aromatic carbocycles. The lowest BCUT2D eigenvalue weighted by atomic mass is 10.4. The second-order valence-corrected chi connectivity index (χ2v) is 3.56. The lowest BCUT2D eigenvalue weighted by molar-refractivity contribution is 0.416. The van der Waals surface area contributed by atoms with Crippen LogP contribution in [0.4, 0.5) is 10.2 Å². The standard InChI is InChI=1S/C10H16FN3.C2H6/c1-13(2)6-7-14(3)10-5-4-9(11)8-12-10;1-2/h4-5,8H,6-7H2,1-3H3;1-2H3. The smallest absolute Gasteiger partial charge is 0.141 e. The molecule has 0 spiro atoms. The summed E-state index contributed by atoms with van der Waals surface area (Å²) in [5, 5.41) is 0. The molecule has 0 saturated carbocycles. The summed E-state index contributed by atoms with van der Waals surface area (Å²) in [5.74, 6) is 0.503. The molecule has 1 heterocycles. The van der Waals surface area contributed by atoms with Gasteiger partial charge in [-0.15, -0.1) is 0 Å².